The van der Waals surface area contributed by atoms with E-state index in [1.807, 2.05) is 24.7 Å². The minimum atomic E-state index is 0.292. The number of nitrogens with zero attached hydrogens (tertiary/aromatic N) is 3. The summed E-state index contributed by atoms with van der Waals surface area (Å²) in [5.41, 5.74) is 15.7. The third-order valence-corrected chi connectivity index (χ3v) is 6.54. The van der Waals surface area contributed by atoms with Gasteiger partial charge in [0.2, 0.25) is 0 Å². The Morgan fingerprint density at radius 3 is 2.79 bits per heavy atom. The summed E-state index contributed by atoms with van der Waals surface area (Å²) in [6, 6.07) is 10.0. The summed E-state index contributed by atoms with van der Waals surface area (Å²) >= 11 is 0. The molecule has 7 nitrogen and oxygen atoms in total. The molecule has 28 heavy (non-hydrogen) atoms. The first-order chi connectivity index (χ1) is 13.8. The lowest BCUT2D eigenvalue weighted by Crippen LogP contribution is -2.46. The molecule has 5 rings (SSSR count). The molecule has 148 valence electrons. The zero-order valence-corrected chi connectivity index (χ0v) is 16.1. The van der Waals surface area contributed by atoms with Crippen LogP contribution in [0.3, 0.4) is 0 Å². The number of anilines is 1. The smallest absolute Gasteiger partial charge is 0.128 e. The number of hydrazine groups is 1. The fourth-order valence-electron chi connectivity index (χ4n) is 4.87. The van der Waals surface area contributed by atoms with E-state index in [-0.39, 0.29) is 0 Å². The van der Waals surface area contributed by atoms with Crippen LogP contribution in [0.15, 0.2) is 42.9 Å². The van der Waals surface area contributed by atoms with Crippen molar-refractivity contribution in [3.63, 3.8) is 0 Å². The van der Waals surface area contributed by atoms with Gasteiger partial charge in [-0.3, -0.25) is 10.4 Å². The van der Waals surface area contributed by atoms with Crippen molar-refractivity contribution in [2.45, 2.75) is 43.4 Å². The van der Waals surface area contributed by atoms with Crippen molar-refractivity contribution in [3.05, 3.63) is 54.0 Å². The molecule has 3 aliphatic rings. The second-order valence-electron chi connectivity index (χ2n) is 8.29. The molecule has 4 atom stereocenters. The number of piperidine rings is 2. The van der Waals surface area contributed by atoms with Gasteiger partial charge in [-0.05, 0) is 54.5 Å². The average molecular weight is 380 g/mol. The predicted molar refractivity (Wildman–Crippen MR) is 110 cm³/mol. The van der Waals surface area contributed by atoms with Gasteiger partial charge < -0.3 is 16.0 Å². The van der Waals surface area contributed by atoms with E-state index in [0.29, 0.717) is 30.1 Å². The lowest BCUT2D eigenvalue weighted by atomic mass is 9.80. The molecule has 2 aromatic rings. The maximum absolute atomic E-state index is 6.06. The topological polar surface area (TPSA) is 91.1 Å². The average Bonchev–Trinajstić information content (AvgIpc) is 3.18. The Morgan fingerprint density at radius 1 is 1.07 bits per heavy atom. The van der Waals surface area contributed by atoms with Gasteiger partial charge in [0, 0.05) is 56.4 Å². The fraction of sp³-hybridized carbons (Fsp3) is 0.524. The second-order valence-corrected chi connectivity index (χ2v) is 8.29. The van der Waals surface area contributed by atoms with Crippen molar-refractivity contribution >= 4 is 5.82 Å². The van der Waals surface area contributed by atoms with Gasteiger partial charge in [0.1, 0.15) is 5.82 Å². The highest BCUT2D eigenvalue weighted by Gasteiger charge is 2.41. The highest BCUT2D eigenvalue weighted by Crippen LogP contribution is 2.38. The van der Waals surface area contributed by atoms with Crippen LogP contribution in [0.25, 0.3) is 0 Å². The molecule has 0 saturated carbocycles. The van der Waals surface area contributed by atoms with E-state index in [0.717, 1.165) is 44.7 Å². The standard InChI is InChI=1S/C21H29N7/c22-16-4-8-28(9-5-16)20-10-14(3-7-24-20)21-17-11-18(15-2-1-6-23-12-15)25-13-19(17)26-27-21/h1-3,6-7,10,12,16-19,21,25-27H,4-5,8-9,11,13,22H2. The van der Waals surface area contributed by atoms with Crippen molar-refractivity contribution in [2.24, 2.45) is 11.7 Å². The van der Waals surface area contributed by atoms with E-state index in [1.165, 1.54) is 11.1 Å². The first-order valence-corrected chi connectivity index (χ1v) is 10.4. The maximum Gasteiger partial charge on any atom is 0.128 e. The van der Waals surface area contributed by atoms with Crippen LogP contribution in [0.5, 0.6) is 0 Å². The third-order valence-electron chi connectivity index (χ3n) is 6.54. The first-order valence-electron chi connectivity index (χ1n) is 10.4. The lowest BCUT2D eigenvalue weighted by molar-refractivity contribution is 0.266. The highest BCUT2D eigenvalue weighted by molar-refractivity contribution is 5.43. The molecule has 0 radical (unpaired) electrons. The molecule has 4 unspecified atom stereocenters. The van der Waals surface area contributed by atoms with Crippen molar-refractivity contribution in [3.8, 4) is 0 Å². The van der Waals surface area contributed by atoms with Gasteiger partial charge >= 0.3 is 0 Å². The third kappa shape index (κ3) is 3.51. The Morgan fingerprint density at radius 2 is 1.96 bits per heavy atom. The lowest BCUT2D eigenvalue weighted by Gasteiger charge is -2.35. The Bertz CT molecular complexity index is 790. The molecule has 0 bridgehead atoms. The van der Waals surface area contributed by atoms with Gasteiger partial charge in [0.25, 0.3) is 0 Å². The molecular formula is C21H29N7. The van der Waals surface area contributed by atoms with Crippen LogP contribution < -0.4 is 26.8 Å². The molecule has 0 amide bonds. The van der Waals surface area contributed by atoms with E-state index >= 15 is 0 Å². The minimum absolute atomic E-state index is 0.292. The van der Waals surface area contributed by atoms with Crippen LogP contribution in [0.2, 0.25) is 0 Å². The summed E-state index contributed by atoms with van der Waals surface area (Å²) in [5.74, 6) is 1.60. The fourth-order valence-corrected chi connectivity index (χ4v) is 4.87. The summed E-state index contributed by atoms with van der Waals surface area (Å²) in [6.45, 7) is 2.94. The van der Waals surface area contributed by atoms with Crippen LogP contribution in [0.1, 0.15) is 42.5 Å². The monoisotopic (exact) mass is 379 g/mol. The molecule has 7 heteroatoms. The molecule has 0 aromatic carbocycles. The maximum atomic E-state index is 6.06. The zero-order chi connectivity index (χ0) is 18.9. The van der Waals surface area contributed by atoms with Crippen LogP contribution in [-0.2, 0) is 0 Å². The Labute approximate surface area is 166 Å². The Balaban J connectivity index is 1.34. The number of aromatic nitrogens is 2. The van der Waals surface area contributed by atoms with Crippen molar-refractivity contribution < 1.29 is 0 Å². The molecule has 3 aliphatic heterocycles. The SMILES string of the molecule is NC1CCN(c2cc(C3NNC4CNC(c5cccnc5)CC43)ccn2)CC1. The van der Waals surface area contributed by atoms with Crippen LogP contribution in [-0.4, -0.2) is 41.7 Å². The summed E-state index contributed by atoms with van der Waals surface area (Å²) in [4.78, 5) is 11.3. The minimum Gasteiger partial charge on any atom is -0.356 e. The number of hydrogen-bond donors (Lipinski definition) is 4. The number of nitrogens with one attached hydrogen (secondary N) is 3. The number of nitrogens with two attached hydrogens (primary N) is 1. The normalized spacial score (nSPS) is 31.0. The van der Waals surface area contributed by atoms with E-state index in [1.54, 1.807) is 0 Å². The number of fused-ring (bicyclic) bond motifs is 1. The molecular weight excluding hydrogens is 350 g/mol. The highest BCUT2D eigenvalue weighted by atomic mass is 15.4. The zero-order valence-electron chi connectivity index (χ0n) is 16.1. The van der Waals surface area contributed by atoms with Gasteiger partial charge in [-0.15, -0.1) is 0 Å². The summed E-state index contributed by atoms with van der Waals surface area (Å²) in [7, 11) is 0. The number of hydrogen-bond acceptors (Lipinski definition) is 7. The van der Waals surface area contributed by atoms with Gasteiger partial charge in [-0.2, -0.15) is 0 Å². The van der Waals surface area contributed by atoms with Crippen LogP contribution in [0, 0.1) is 5.92 Å². The number of pyridine rings is 2. The van der Waals surface area contributed by atoms with Crippen LogP contribution in [0.4, 0.5) is 5.82 Å². The molecule has 0 aliphatic carbocycles. The molecule has 5 N–H and O–H groups in total. The van der Waals surface area contributed by atoms with E-state index < -0.39 is 0 Å². The van der Waals surface area contributed by atoms with Crippen molar-refractivity contribution in [2.75, 3.05) is 24.5 Å². The van der Waals surface area contributed by atoms with Gasteiger partial charge in [0.15, 0.2) is 0 Å². The quantitative estimate of drug-likeness (QED) is 0.638. The van der Waals surface area contributed by atoms with Gasteiger partial charge in [0.05, 0.1) is 6.04 Å². The van der Waals surface area contributed by atoms with Gasteiger partial charge in [-0.1, -0.05) is 6.07 Å². The molecule has 3 fully saturated rings. The van der Waals surface area contributed by atoms with Crippen molar-refractivity contribution in [1.82, 2.24) is 26.1 Å². The van der Waals surface area contributed by atoms with E-state index in [2.05, 4.69) is 49.2 Å². The van der Waals surface area contributed by atoms with Gasteiger partial charge in [-0.25, -0.2) is 10.4 Å². The summed E-state index contributed by atoms with van der Waals surface area (Å²) < 4.78 is 0. The second kappa shape index (κ2) is 7.75. The first kappa shape index (κ1) is 18.0. The van der Waals surface area contributed by atoms with E-state index in [9.17, 15) is 0 Å². The largest absolute Gasteiger partial charge is 0.356 e. The molecule has 5 heterocycles. The summed E-state index contributed by atoms with van der Waals surface area (Å²) in [5, 5.41) is 3.67. The van der Waals surface area contributed by atoms with Crippen LogP contribution >= 0.6 is 0 Å². The predicted octanol–water partition coefficient (Wildman–Crippen LogP) is 1.27. The molecule has 2 aromatic heterocycles. The molecule has 0 spiro atoms. The summed E-state index contributed by atoms with van der Waals surface area (Å²) in [6.07, 6.45) is 8.93. The van der Waals surface area contributed by atoms with E-state index in [4.69, 9.17) is 5.73 Å². The Kier molecular flexibility index (Phi) is 4.98. The van der Waals surface area contributed by atoms with Crippen molar-refractivity contribution in [1.29, 1.82) is 0 Å². The molecule has 3 saturated heterocycles. The Hall–Kier alpha value is -2.06. The number of rotatable bonds is 3.